The lowest BCUT2D eigenvalue weighted by Crippen LogP contribution is -2.61. The van der Waals surface area contributed by atoms with Crippen molar-refractivity contribution in [2.45, 2.75) is 18.9 Å². The van der Waals surface area contributed by atoms with Crippen LogP contribution < -0.4 is 10.1 Å². The molecule has 1 rings (SSSR count). The molecule has 0 saturated heterocycles. The van der Waals surface area contributed by atoms with Gasteiger partial charge in [0.05, 0.1) is 12.1 Å². The minimum Gasteiger partial charge on any atom is -0.495 e. The van der Waals surface area contributed by atoms with Crippen LogP contribution >= 0.6 is 11.6 Å². The maximum Gasteiger partial charge on any atom is 0.341 e. The normalized spacial score (nSPS) is 10.8. The Morgan fingerprint density at radius 2 is 1.86 bits per heavy atom. The van der Waals surface area contributed by atoms with Gasteiger partial charge in [-0.25, -0.2) is 9.59 Å². The Balaban J connectivity index is 3.26. The predicted molar refractivity (Wildman–Crippen MR) is 73.5 cm³/mol. The van der Waals surface area contributed by atoms with Crippen molar-refractivity contribution in [2.24, 2.45) is 0 Å². The molecule has 8 heteroatoms. The number of carbonyl (C=O) groups is 3. The van der Waals surface area contributed by atoms with Crippen molar-refractivity contribution < 1.29 is 29.3 Å². The summed E-state index contributed by atoms with van der Waals surface area (Å²) in [5.74, 6) is -3.82. The molecule has 0 saturated carbocycles. The number of carbonyl (C=O) groups excluding carboxylic acids is 1. The number of methoxy groups -OCH3 is 1. The van der Waals surface area contributed by atoms with E-state index in [1.807, 2.05) is 5.32 Å². The van der Waals surface area contributed by atoms with Gasteiger partial charge in [-0.1, -0.05) is 17.7 Å². The number of hydrogen-bond donors (Lipinski definition) is 3. The number of halogens is 1. The Morgan fingerprint density at radius 3 is 2.29 bits per heavy atom. The van der Waals surface area contributed by atoms with Crippen molar-refractivity contribution in [3.8, 4) is 5.75 Å². The summed E-state index contributed by atoms with van der Waals surface area (Å²) in [6.07, 6.45) is -0.454. The van der Waals surface area contributed by atoms with E-state index in [-0.39, 0.29) is 5.75 Å². The first-order chi connectivity index (χ1) is 9.72. The summed E-state index contributed by atoms with van der Waals surface area (Å²) in [7, 11) is 1.38. The quantitative estimate of drug-likeness (QED) is 0.673. The number of carboxylic acids is 2. The largest absolute Gasteiger partial charge is 0.495 e. The van der Waals surface area contributed by atoms with E-state index in [4.69, 9.17) is 16.3 Å². The molecule has 0 spiro atoms. The van der Waals surface area contributed by atoms with E-state index in [2.05, 4.69) is 0 Å². The molecule has 0 aliphatic carbocycles. The molecule has 0 fully saturated rings. The molecule has 1 aromatic carbocycles. The van der Waals surface area contributed by atoms with Gasteiger partial charge in [-0.2, -0.15) is 0 Å². The second-order valence-corrected chi connectivity index (χ2v) is 4.75. The Labute approximate surface area is 125 Å². The average Bonchev–Trinajstić information content (AvgIpc) is 2.38. The van der Waals surface area contributed by atoms with E-state index in [1.165, 1.54) is 25.3 Å². The first-order valence-corrected chi connectivity index (χ1v) is 6.18. The van der Waals surface area contributed by atoms with Gasteiger partial charge in [-0.15, -0.1) is 0 Å². The van der Waals surface area contributed by atoms with Crippen LogP contribution in [0.15, 0.2) is 18.2 Å². The third-order valence-electron chi connectivity index (χ3n) is 2.80. The molecule has 0 bridgehead atoms. The van der Waals surface area contributed by atoms with E-state index in [1.54, 1.807) is 0 Å². The van der Waals surface area contributed by atoms with Crippen LogP contribution in [-0.4, -0.2) is 40.7 Å². The summed E-state index contributed by atoms with van der Waals surface area (Å²) in [4.78, 5) is 33.9. The molecule has 0 atom stereocenters. The van der Waals surface area contributed by atoms with Gasteiger partial charge in [-0.05, 0) is 17.7 Å². The highest BCUT2D eigenvalue weighted by molar-refractivity contribution is 6.32. The fourth-order valence-corrected chi connectivity index (χ4v) is 2.01. The number of benzene rings is 1. The topological polar surface area (TPSA) is 113 Å². The molecule has 0 unspecified atom stereocenters. The van der Waals surface area contributed by atoms with Gasteiger partial charge >= 0.3 is 11.9 Å². The van der Waals surface area contributed by atoms with Gasteiger partial charge in [0.2, 0.25) is 11.4 Å². The zero-order chi connectivity index (χ0) is 16.2. The summed E-state index contributed by atoms with van der Waals surface area (Å²) in [6.45, 7) is 1.04. The summed E-state index contributed by atoms with van der Waals surface area (Å²) in [5.41, 5.74) is -2.11. The lowest BCUT2D eigenvalue weighted by Gasteiger charge is -2.25. The number of ether oxygens (including phenoxy) is 1. The molecule has 0 heterocycles. The van der Waals surface area contributed by atoms with Crippen molar-refractivity contribution in [3.63, 3.8) is 0 Å². The minimum absolute atomic E-state index is 0.279. The SMILES string of the molecule is COc1cc(CC(NC(C)=O)(C(=O)O)C(=O)O)ccc1Cl. The highest BCUT2D eigenvalue weighted by Crippen LogP contribution is 2.27. The van der Waals surface area contributed by atoms with Crippen LogP contribution in [0.2, 0.25) is 5.02 Å². The van der Waals surface area contributed by atoms with E-state index < -0.39 is 29.8 Å². The lowest BCUT2D eigenvalue weighted by atomic mass is 9.90. The van der Waals surface area contributed by atoms with Gasteiger partial charge in [0, 0.05) is 13.3 Å². The van der Waals surface area contributed by atoms with Crippen LogP contribution in [0.1, 0.15) is 12.5 Å². The van der Waals surface area contributed by atoms with E-state index in [0.717, 1.165) is 6.92 Å². The zero-order valence-corrected chi connectivity index (χ0v) is 12.1. The first-order valence-electron chi connectivity index (χ1n) is 5.81. The second-order valence-electron chi connectivity index (χ2n) is 4.34. The number of rotatable bonds is 6. The zero-order valence-electron chi connectivity index (χ0n) is 11.3. The van der Waals surface area contributed by atoms with Gasteiger partial charge in [-0.3, -0.25) is 4.79 Å². The number of hydrogen-bond acceptors (Lipinski definition) is 4. The summed E-state index contributed by atoms with van der Waals surface area (Å²) in [5, 5.41) is 20.7. The predicted octanol–water partition coefficient (Wildman–Crippen LogP) is 0.935. The highest BCUT2D eigenvalue weighted by atomic mass is 35.5. The number of aliphatic carboxylic acids is 2. The monoisotopic (exact) mass is 315 g/mol. The first kappa shape index (κ1) is 16.8. The van der Waals surface area contributed by atoms with Crippen LogP contribution in [0.25, 0.3) is 0 Å². The molecule has 0 aliphatic rings. The van der Waals surface area contributed by atoms with Crippen LogP contribution in [-0.2, 0) is 20.8 Å². The highest BCUT2D eigenvalue weighted by Gasteiger charge is 2.47. The summed E-state index contributed by atoms with van der Waals surface area (Å²) >= 11 is 5.85. The molecule has 114 valence electrons. The standard InChI is InChI=1S/C13H14ClNO6/c1-7(16)15-13(11(17)18,12(19)20)6-8-3-4-9(14)10(5-8)21-2/h3-5H,6H2,1-2H3,(H,15,16)(H,17,18)(H,19,20). The fourth-order valence-electron chi connectivity index (χ4n) is 1.81. The average molecular weight is 316 g/mol. The smallest absolute Gasteiger partial charge is 0.341 e. The Hall–Kier alpha value is -2.28. The van der Waals surface area contributed by atoms with Crippen LogP contribution in [0.5, 0.6) is 5.75 Å². The number of nitrogens with one attached hydrogen (secondary N) is 1. The molecule has 21 heavy (non-hydrogen) atoms. The maximum absolute atomic E-state index is 11.4. The van der Waals surface area contributed by atoms with Gasteiger partial charge in [0.25, 0.3) is 0 Å². The molecular formula is C13H14ClNO6. The van der Waals surface area contributed by atoms with Crippen molar-refractivity contribution >= 4 is 29.4 Å². The van der Waals surface area contributed by atoms with Crippen molar-refractivity contribution in [3.05, 3.63) is 28.8 Å². The molecule has 0 aromatic heterocycles. The molecule has 3 N–H and O–H groups in total. The third-order valence-corrected chi connectivity index (χ3v) is 3.12. The van der Waals surface area contributed by atoms with Crippen LogP contribution in [0.4, 0.5) is 0 Å². The van der Waals surface area contributed by atoms with E-state index in [9.17, 15) is 24.6 Å². The molecule has 0 radical (unpaired) electrons. The van der Waals surface area contributed by atoms with Crippen molar-refractivity contribution in [1.29, 1.82) is 0 Å². The minimum atomic E-state index is -2.45. The number of carboxylic acid groups (broad SMARTS) is 2. The molecule has 0 aliphatic heterocycles. The van der Waals surface area contributed by atoms with Crippen LogP contribution in [0.3, 0.4) is 0 Å². The molecular weight excluding hydrogens is 302 g/mol. The van der Waals surface area contributed by atoms with Crippen molar-refractivity contribution in [2.75, 3.05) is 7.11 Å². The molecule has 7 nitrogen and oxygen atoms in total. The fraction of sp³-hybridized carbons (Fsp3) is 0.308. The molecule has 1 aromatic rings. The van der Waals surface area contributed by atoms with E-state index >= 15 is 0 Å². The Kier molecular flexibility index (Phi) is 5.15. The van der Waals surface area contributed by atoms with E-state index in [0.29, 0.717) is 10.6 Å². The summed E-state index contributed by atoms with van der Waals surface area (Å²) in [6, 6.07) is 4.34. The van der Waals surface area contributed by atoms with Gasteiger partial charge in [0.1, 0.15) is 5.75 Å². The molecule has 1 amide bonds. The van der Waals surface area contributed by atoms with Gasteiger partial charge in [0.15, 0.2) is 0 Å². The Bertz CT molecular complexity index is 572. The van der Waals surface area contributed by atoms with Crippen LogP contribution in [0, 0.1) is 0 Å². The lowest BCUT2D eigenvalue weighted by molar-refractivity contribution is -0.161. The maximum atomic E-state index is 11.4. The third kappa shape index (κ3) is 3.63. The second kappa shape index (κ2) is 6.45. The number of amides is 1. The van der Waals surface area contributed by atoms with Crippen molar-refractivity contribution in [1.82, 2.24) is 5.32 Å². The summed E-state index contributed by atoms with van der Waals surface area (Å²) < 4.78 is 4.99. The van der Waals surface area contributed by atoms with Gasteiger partial charge < -0.3 is 20.3 Å². The Morgan fingerprint density at radius 1 is 1.29 bits per heavy atom.